The number of nitriles is 1. The van der Waals surface area contributed by atoms with Crippen LogP contribution in [0, 0.1) is 11.3 Å². The van der Waals surface area contributed by atoms with E-state index in [1.807, 2.05) is 42.5 Å². The van der Waals surface area contributed by atoms with Crippen molar-refractivity contribution in [2.45, 2.75) is 6.42 Å². The number of benzene rings is 2. The summed E-state index contributed by atoms with van der Waals surface area (Å²) >= 11 is 1.58. The highest BCUT2D eigenvalue weighted by atomic mass is 32.1. The minimum absolute atomic E-state index is 0.432. The van der Waals surface area contributed by atoms with Gasteiger partial charge in [0, 0.05) is 5.69 Å². The van der Waals surface area contributed by atoms with E-state index in [2.05, 4.69) is 16.4 Å². The topological polar surface area (TPSA) is 57.9 Å². The van der Waals surface area contributed by atoms with Crippen molar-refractivity contribution in [2.24, 2.45) is 0 Å². The number of rotatable bonds is 4. The molecule has 1 heterocycles. The van der Waals surface area contributed by atoms with Gasteiger partial charge >= 0.3 is 0 Å². The summed E-state index contributed by atoms with van der Waals surface area (Å²) in [5, 5.41) is 12.8. The van der Waals surface area contributed by atoms with Crippen LogP contribution in [0.3, 0.4) is 0 Å². The highest BCUT2D eigenvalue weighted by molar-refractivity contribution is 7.22. The maximum atomic E-state index is 8.66. The first-order chi connectivity index (χ1) is 10.3. The molecule has 2 aromatic carbocycles. The van der Waals surface area contributed by atoms with Crippen LogP contribution in [-0.4, -0.2) is 12.1 Å². The van der Waals surface area contributed by atoms with Crippen LogP contribution >= 0.6 is 11.3 Å². The van der Waals surface area contributed by atoms with Crippen molar-refractivity contribution in [3.8, 4) is 11.8 Å². The maximum Gasteiger partial charge on any atom is 0.188 e. The zero-order valence-electron chi connectivity index (χ0n) is 11.5. The van der Waals surface area contributed by atoms with Crippen molar-refractivity contribution in [1.82, 2.24) is 4.98 Å². The highest BCUT2D eigenvalue weighted by Gasteiger charge is 2.05. The van der Waals surface area contributed by atoms with E-state index in [4.69, 9.17) is 10.00 Å². The van der Waals surface area contributed by atoms with Gasteiger partial charge in [-0.3, -0.25) is 0 Å². The SMILES string of the molecule is COc1ccc2nc(Nc3ccc(CC#N)cc3)sc2c1. The van der Waals surface area contributed by atoms with E-state index in [1.54, 1.807) is 18.4 Å². The molecule has 4 nitrogen and oxygen atoms in total. The van der Waals surface area contributed by atoms with E-state index in [0.29, 0.717) is 6.42 Å². The van der Waals surface area contributed by atoms with Crippen molar-refractivity contribution >= 4 is 32.4 Å². The molecule has 21 heavy (non-hydrogen) atoms. The van der Waals surface area contributed by atoms with Crippen LogP contribution in [0.2, 0.25) is 0 Å². The Morgan fingerprint density at radius 3 is 2.76 bits per heavy atom. The summed E-state index contributed by atoms with van der Waals surface area (Å²) in [6.45, 7) is 0. The lowest BCUT2D eigenvalue weighted by Crippen LogP contribution is -1.89. The van der Waals surface area contributed by atoms with Gasteiger partial charge in [-0.1, -0.05) is 23.5 Å². The maximum absolute atomic E-state index is 8.66. The molecule has 0 aliphatic rings. The van der Waals surface area contributed by atoms with Gasteiger partial charge in [0.1, 0.15) is 5.75 Å². The predicted octanol–water partition coefficient (Wildman–Crippen LogP) is 4.11. The van der Waals surface area contributed by atoms with Crippen molar-refractivity contribution in [2.75, 3.05) is 12.4 Å². The minimum atomic E-state index is 0.432. The normalized spacial score (nSPS) is 10.3. The van der Waals surface area contributed by atoms with Crippen LogP contribution in [0.4, 0.5) is 10.8 Å². The fourth-order valence-corrected chi connectivity index (χ4v) is 2.92. The van der Waals surface area contributed by atoms with Crippen molar-refractivity contribution in [1.29, 1.82) is 5.26 Å². The molecule has 0 atom stereocenters. The van der Waals surface area contributed by atoms with Crippen LogP contribution in [0.15, 0.2) is 42.5 Å². The summed E-state index contributed by atoms with van der Waals surface area (Å²) in [6, 6.07) is 15.8. The van der Waals surface area contributed by atoms with Crippen molar-refractivity contribution in [3.05, 3.63) is 48.0 Å². The highest BCUT2D eigenvalue weighted by Crippen LogP contribution is 2.30. The molecule has 0 spiro atoms. The zero-order valence-corrected chi connectivity index (χ0v) is 12.3. The molecule has 0 aliphatic carbocycles. The third kappa shape index (κ3) is 2.96. The Morgan fingerprint density at radius 2 is 2.05 bits per heavy atom. The molecule has 0 saturated carbocycles. The van der Waals surface area contributed by atoms with E-state index in [9.17, 15) is 0 Å². The minimum Gasteiger partial charge on any atom is -0.497 e. The largest absolute Gasteiger partial charge is 0.497 e. The molecule has 0 saturated heterocycles. The fourth-order valence-electron chi connectivity index (χ4n) is 2.01. The smallest absolute Gasteiger partial charge is 0.188 e. The Bertz CT molecular complexity index is 802. The van der Waals surface area contributed by atoms with Crippen LogP contribution in [0.25, 0.3) is 10.2 Å². The first-order valence-electron chi connectivity index (χ1n) is 6.46. The molecule has 0 radical (unpaired) electrons. The molecule has 104 valence electrons. The molecule has 0 amide bonds. The average molecular weight is 295 g/mol. The number of ether oxygens (including phenoxy) is 1. The Labute approximate surface area is 126 Å². The van der Waals surface area contributed by atoms with Gasteiger partial charge in [0.25, 0.3) is 0 Å². The first-order valence-corrected chi connectivity index (χ1v) is 7.27. The monoisotopic (exact) mass is 295 g/mol. The van der Waals surface area contributed by atoms with Crippen molar-refractivity contribution < 1.29 is 4.74 Å². The number of nitrogens with one attached hydrogen (secondary N) is 1. The number of anilines is 2. The summed E-state index contributed by atoms with van der Waals surface area (Å²) in [4.78, 5) is 4.54. The van der Waals surface area contributed by atoms with E-state index < -0.39 is 0 Å². The number of nitrogens with zero attached hydrogens (tertiary/aromatic N) is 2. The number of fused-ring (bicyclic) bond motifs is 1. The Balaban J connectivity index is 1.82. The molecular weight excluding hydrogens is 282 g/mol. The molecule has 0 bridgehead atoms. The van der Waals surface area contributed by atoms with E-state index in [0.717, 1.165) is 32.3 Å². The Hall–Kier alpha value is -2.58. The van der Waals surface area contributed by atoms with Gasteiger partial charge in [0.2, 0.25) is 0 Å². The number of hydrogen-bond acceptors (Lipinski definition) is 5. The fraction of sp³-hybridized carbons (Fsp3) is 0.125. The molecule has 5 heteroatoms. The van der Waals surface area contributed by atoms with Gasteiger partial charge in [-0.05, 0) is 35.9 Å². The molecule has 0 fully saturated rings. The average Bonchev–Trinajstić information content (AvgIpc) is 2.90. The van der Waals surface area contributed by atoms with Crippen molar-refractivity contribution in [3.63, 3.8) is 0 Å². The van der Waals surface area contributed by atoms with Crippen LogP contribution in [-0.2, 0) is 6.42 Å². The summed E-state index contributed by atoms with van der Waals surface area (Å²) in [5.74, 6) is 0.832. The van der Waals surface area contributed by atoms with Gasteiger partial charge < -0.3 is 10.1 Å². The molecule has 0 aliphatic heterocycles. The second-order valence-corrected chi connectivity index (χ2v) is 5.54. The molecule has 1 N–H and O–H groups in total. The van der Waals surface area contributed by atoms with Crippen LogP contribution in [0.5, 0.6) is 5.75 Å². The molecule has 0 unspecified atom stereocenters. The molecular formula is C16H13N3OS. The first kappa shape index (κ1) is 13.4. The van der Waals surface area contributed by atoms with Gasteiger partial charge in [-0.2, -0.15) is 5.26 Å². The van der Waals surface area contributed by atoms with Crippen LogP contribution < -0.4 is 10.1 Å². The summed E-state index contributed by atoms with van der Waals surface area (Å²) in [7, 11) is 1.66. The van der Waals surface area contributed by atoms with E-state index in [1.165, 1.54) is 0 Å². The standard InChI is InChI=1S/C16H13N3OS/c1-20-13-6-7-14-15(10-13)21-16(19-14)18-12-4-2-11(3-5-12)8-9-17/h2-7,10H,8H2,1H3,(H,18,19). The lowest BCUT2D eigenvalue weighted by molar-refractivity contribution is 0.415. The number of thiazole rings is 1. The van der Waals surface area contributed by atoms with E-state index >= 15 is 0 Å². The second kappa shape index (κ2) is 5.81. The summed E-state index contributed by atoms with van der Waals surface area (Å²) < 4.78 is 6.30. The van der Waals surface area contributed by atoms with Gasteiger partial charge in [0.15, 0.2) is 5.13 Å². The lowest BCUT2D eigenvalue weighted by atomic mass is 10.1. The third-order valence-corrected chi connectivity index (χ3v) is 4.02. The number of hydrogen-bond donors (Lipinski definition) is 1. The zero-order chi connectivity index (χ0) is 14.7. The quantitative estimate of drug-likeness (QED) is 0.786. The third-order valence-electron chi connectivity index (χ3n) is 3.08. The summed E-state index contributed by atoms with van der Waals surface area (Å²) in [6.07, 6.45) is 0.432. The molecule has 3 rings (SSSR count). The molecule has 1 aromatic heterocycles. The van der Waals surface area contributed by atoms with Gasteiger partial charge in [-0.25, -0.2) is 4.98 Å². The Morgan fingerprint density at radius 1 is 1.24 bits per heavy atom. The summed E-state index contributed by atoms with van der Waals surface area (Å²) in [5.41, 5.74) is 2.92. The van der Waals surface area contributed by atoms with Gasteiger partial charge in [-0.15, -0.1) is 0 Å². The second-order valence-electron chi connectivity index (χ2n) is 4.51. The number of methoxy groups -OCH3 is 1. The lowest BCUT2D eigenvalue weighted by Gasteiger charge is -2.02. The Kier molecular flexibility index (Phi) is 3.71. The van der Waals surface area contributed by atoms with Crippen LogP contribution in [0.1, 0.15) is 5.56 Å². The van der Waals surface area contributed by atoms with Gasteiger partial charge in [0.05, 0.1) is 29.8 Å². The predicted molar refractivity (Wildman–Crippen MR) is 85.2 cm³/mol. The van der Waals surface area contributed by atoms with E-state index in [-0.39, 0.29) is 0 Å². The molecule has 3 aromatic rings. The number of aromatic nitrogens is 1.